The SMILES string of the molecule is CCC1CCCN(C(C)(C)CNC(=O)C2(S(C)(=O)=O)CCNCC2)C1.Cl.Cl. The lowest BCUT2D eigenvalue weighted by Gasteiger charge is -2.44. The summed E-state index contributed by atoms with van der Waals surface area (Å²) in [5, 5.41) is 6.13. The number of rotatable bonds is 6. The minimum Gasteiger partial charge on any atom is -0.353 e. The summed E-state index contributed by atoms with van der Waals surface area (Å²) in [4.78, 5) is 15.3. The summed E-state index contributed by atoms with van der Waals surface area (Å²) >= 11 is 0. The standard InChI is InChI=1S/C18H35N3O3S.2ClH/c1-5-15-7-6-12-21(13-15)17(2,3)14-20-16(22)18(25(4,23)24)8-10-19-11-9-18;;/h15,19H,5-14H2,1-4H3,(H,20,22);2*1H. The zero-order valence-electron chi connectivity index (χ0n) is 17.0. The molecular formula is C18H37Cl2N3O3S. The highest BCUT2D eigenvalue weighted by atomic mass is 35.5. The van der Waals surface area contributed by atoms with Crippen LogP contribution in [0.15, 0.2) is 0 Å². The van der Waals surface area contributed by atoms with Crippen LogP contribution < -0.4 is 10.6 Å². The molecule has 2 rings (SSSR count). The average Bonchev–Trinajstić information content (AvgIpc) is 2.59. The molecule has 1 atom stereocenters. The van der Waals surface area contributed by atoms with E-state index in [0.717, 1.165) is 19.0 Å². The maximum atomic E-state index is 12.9. The fourth-order valence-electron chi connectivity index (χ4n) is 4.11. The second-order valence-electron chi connectivity index (χ2n) is 8.37. The molecule has 162 valence electrons. The summed E-state index contributed by atoms with van der Waals surface area (Å²) in [6.45, 7) is 10.2. The molecule has 0 radical (unpaired) electrons. The van der Waals surface area contributed by atoms with Gasteiger partial charge in [-0.1, -0.05) is 13.3 Å². The third-order valence-corrected chi connectivity index (χ3v) is 8.18. The van der Waals surface area contributed by atoms with E-state index in [2.05, 4.69) is 36.3 Å². The van der Waals surface area contributed by atoms with E-state index >= 15 is 0 Å². The van der Waals surface area contributed by atoms with Gasteiger partial charge in [-0.05, 0) is 65.1 Å². The van der Waals surface area contributed by atoms with E-state index in [1.165, 1.54) is 25.5 Å². The molecule has 9 heteroatoms. The first-order chi connectivity index (χ1) is 11.6. The Morgan fingerprint density at radius 1 is 1.26 bits per heavy atom. The Morgan fingerprint density at radius 2 is 1.85 bits per heavy atom. The second-order valence-corrected chi connectivity index (χ2v) is 10.7. The zero-order valence-corrected chi connectivity index (χ0v) is 19.5. The molecule has 0 saturated carbocycles. The molecule has 2 aliphatic rings. The number of amides is 1. The van der Waals surface area contributed by atoms with Gasteiger partial charge in [-0.15, -0.1) is 24.8 Å². The van der Waals surface area contributed by atoms with Crippen LogP contribution >= 0.6 is 24.8 Å². The minimum absolute atomic E-state index is 0. The van der Waals surface area contributed by atoms with E-state index in [1.807, 2.05) is 0 Å². The number of sulfone groups is 1. The Kier molecular flexibility index (Phi) is 10.6. The first-order valence-corrected chi connectivity index (χ1v) is 11.5. The highest BCUT2D eigenvalue weighted by Gasteiger charge is 2.49. The van der Waals surface area contributed by atoms with Crippen molar-refractivity contribution in [2.45, 2.75) is 63.2 Å². The van der Waals surface area contributed by atoms with Crippen molar-refractivity contribution in [3.05, 3.63) is 0 Å². The van der Waals surface area contributed by atoms with Crippen molar-refractivity contribution in [2.24, 2.45) is 5.92 Å². The van der Waals surface area contributed by atoms with Gasteiger partial charge in [-0.2, -0.15) is 0 Å². The molecule has 0 aromatic heterocycles. The number of hydrogen-bond donors (Lipinski definition) is 2. The van der Waals surface area contributed by atoms with Crippen LogP contribution in [0.3, 0.4) is 0 Å². The molecule has 2 fully saturated rings. The largest absolute Gasteiger partial charge is 0.353 e. The summed E-state index contributed by atoms with van der Waals surface area (Å²) in [5.41, 5.74) is -0.172. The molecule has 1 unspecified atom stereocenters. The number of piperidine rings is 2. The summed E-state index contributed by atoms with van der Waals surface area (Å²) in [6.07, 6.45) is 5.54. The Bertz CT molecular complexity index is 578. The smallest absolute Gasteiger partial charge is 0.241 e. The summed E-state index contributed by atoms with van der Waals surface area (Å²) < 4.78 is 23.4. The van der Waals surface area contributed by atoms with Gasteiger partial charge in [0.1, 0.15) is 0 Å². The van der Waals surface area contributed by atoms with Crippen molar-refractivity contribution in [1.29, 1.82) is 0 Å². The molecular weight excluding hydrogens is 409 g/mol. The second kappa shape index (κ2) is 10.6. The predicted molar refractivity (Wildman–Crippen MR) is 116 cm³/mol. The van der Waals surface area contributed by atoms with Gasteiger partial charge in [0.25, 0.3) is 0 Å². The maximum absolute atomic E-state index is 12.9. The monoisotopic (exact) mass is 445 g/mol. The van der Waals surface area contributed by atoms with Gasteiger partial charge in [-0.3, -0.25) is 9.69 Å². The number of nitrogens with one attached hydrogen (secondary N) is 2. The van der Waals surface area contributed by atoms with Crippen LogP contribution in [-0.4, -0.2) is 68.5 Å². The quantitative estimate of drug-likeness (QED) is 0.653. The molecule has 0 spiro atoms. The Morgan fingerprint density at radius 3 is 2.37 bits per heavy atom. The van der Waals surface area contributed by atoms with Crippen LogP contribution in [0, 0.1) is 5.92 Å². The molecule has 0 aromatic carbocycles. The molecule has 27 heavy (non-hydrogen) atoms. The van der Waals surface area contributed by atoms with E-state index in [4.69, 9.17) is 0 Å². The highest BCUT2D eigenvalue weighted by Crippen LogP contribution is 2.29. The number of carbonyl (C=O) groups is 1. The topological polar surface area (TPSA) is 78.5 Å². The van der Waals surface area contributed by atoms with E-state index in [0.29, 0.717) is 32.5 Å². The molecule has 1 amide bonds. The number of halogens is 2. The van der Waals surface area contributed by atoms with Crippen molar-refractivity contribution < 1.29 is 13.2 Å². The zero-order chi connectivity index (χ0) is 18.7. The molecule has 0 aliphatic carbocycles. The van der Waals surface area contributed by atoms with Gasteiger partial charge in [0, 0.05) is 24.9 Å². The summed E-state index contributed by atoms with van der Waals surface area (Å²) in [6, 6.07) is 0. The lowest BCUT2D eigenvalue weighted by molar-refractivity contribution is -0.125. The Balaban J connectivity index is 0.00000338. The van der Waals surface area contributed by atoms with Gasteiger partial charge in [-0.25, -0.2) is 8.42 Å². The third-order valence-electron chi connectivity index (χ3n) is 6.17. The Hall–Kier alpha value is -0.0800. The molecule has 0 aromatic rings. The van der Waals surface area contributed by atoms with Crippen LogP contribution in [0.5, 0.6) is 0 Å². The number of carbonyl (C=O) groups excluding carboxylic acids is 1. The predicted octanol–water partition coefficient (Wildman–Crippen LogP) is 2.01. The van der Waals surface area contributed by atoms with Crippen LogP contribution in [0.4, 0.5) is 0 Å². The molecule has 6 nitrogen and oxygen atoms in total. The normalized spacial score (nSPS) is 23.6. The van der Waals surface area contributed by atoms with Crippen molar-refractivity contribution in [3.63, 3.8) is 0 Å². The van der Waals surface area contributed by atoms with Gasteiger partial charge in [0.2, 0.25) is 5.91 Å². The highest BCUT2D eigenvalue weighted by molar-refractivity contribution is 7.92. The van der Waals surface area contributed by atoms with Gasteiger partial charge < -0.3 is 10.6 Å². The summed E-state index contributed by atoms with van der Waals surface area (Å²) in [7, 11) is -3.46. The lowest BCUT2D eigenvalue weighted by Crippen LogP contribution is -2.61. The maximum Gasteiger partial charge on any atom is 0.241 e. The molecule has 2 heterocycles. The van der Waals surface area contributed by atoms with E-state index in [9.17, 15) is 13.2 Å². The summed E-state index contributed by atoms with van der Waals surface area (Å²) in [5.74, 6) is 0.393. The van der Waals surface area contributed by atoms with E-state index in [-0.39, 0.29) is 36.3 Å². The molecule has 0 bridgehead atoms. The van der Waals surface area contributed by atoms with Crippen molar-refractivity contribution in [3.8, 4) is 0 Å². The minimum atomic E-state index is -3.46. The van der Waals surface area contributed by atoms with E-state index in [1.54, 1.807) is 0 Å². The fraction of sp³-hybridized carbons (Fsp3) is 0.944. The average molecular weight is 446 g/mol. The van der Waals surface area contributed by atoms with Crippen molar-refractivity contribution in [1.82, 2.24) is 15.5 Å². The van der Waals surface area contributed by atoms with Gasteiger partial charge >= 0.3 is 0 Å². The van der Waals surface area contributed by atoms with Gasteiger partial charge in [0.15, 0.2) is 14.6 Å². The fourth-order valence-corrected chi connectivity index (χ4v) is 5.47. The van der Waals surface area contributed by atoms with E-state index < -0.39 is 14.6 Å². The van der Waals surface area contributed by atoms with Crippen LogP contribution in [0.1, 0.15) is 52.9 Å². The Labute approximate surface area is 177 Å². The molecule has 2 N–H and O–H groups in total. The third kappa shape index (κ3) is 6.20. The number of likely N-dealkylation sites (tertiary alicyclic amines) is 1. The van der Waals surface area contributed by atoms with Crippen LogP contribution in [0.25, 0.3) is 0 Å². The molecule has 2 aliphatic heterocycles. The number of nitrogens with zero attached hydrogens (tertiary/aromatic N) is 1. The first-order valence-electron chi connectivity index (χ1n) is 9.56. The van der Waals surface area contributed by atoms with Crippen molar-refractivity contribution >= 4 is 40.6 Å². The molecule has 2 saturated heterocycles. The number of hydrogen-bond acceptors (Lipinski definition) is 5. The van der Waals surface area contributed by atoms with Crippen LogP contribution in [0.2, 0.25) is 0 Å². The van der Waals surface area contributed by atoms with Crippen molar-refractivity contribution in [2.75, 3.05) is 39.0 Å². The first kappa shape index (κ1) is 26.9. The lowest BCUT2D eigenvalue weighted by atomic mass is 9.90. The van der Waals surface area contributed by atoms with Crippen LogP contribution in [-0.2, 0) is 14.6 Å². The van der Waals surface area contributed by atoms with Gasteiger partial charge in [0.05, 0.1) is 0 Å².